The lowest BCUT2D eigenvalue weighted by atomic mass is 10.1. The Morgan fingerprint density at radius 3 is 3.12 bits per heavy atom. The van der Waals surface area contributed by atoms with Gasteiger partial charge in [0, 0.05) is 36.3 Å². The van der Waals surface area contributed by atoms with E-state index in [0.717, 1.165) is 42.6 Å². The van der Waals surface area contributed by atoms with Crippen LogP contribution in [0.25, 0.3) is 10.9 Å². The Labute approximate surface area is 94.1 Å². The number of hydrogen-bond donors (Lipinski definition) is 1. The molecule has 3 nitrogen and oxygen atoms in total. The predicted octanol–water partition coefficient (Wildman–Crippen LogP) is 1.87. The molecule has 0 fully saturated rings. The van der Waals surface area contributed by atoms with Crippen molar-refractivity contribution in [2.75, 3.05) is 6.54 Å². The lowest BCUT2D eigenvalue weighted by Crippen LogP contribution is -2.28. The van der Waals surface area contributed by atoms with Crippen LogP contribution in [0.5, 0.6) is 0 Å². The topological polar surface area (TPSA) is 34.0 Å². The van der Waals surface area contributed by atoms with E-state index in [9.17, 15) is 4.79 Å². The summed E-state index contributed by atoms with van der Waals surface area (Å²) in [4.78, 5) is 11.2. The zero-order valence-electron chi connectivity index (χ0n) is 9.29. The first-order chi connectivity index (χ1) is 7.83. The van der Waals surface area contributed by atoms with Crippen LogP contribution in [0.2, 0.25) is 0 Å². The summed E-state index contributed by atoms with van der Waals surface area (Å²) >= 11 is 0. The summed E-state index contributed by atoms with van der Waals surface area (Å²) in [5, 5.41) is 4.41. The van der Waals surface area contributed by atoms with Gasteiger partial charge in [-0.05, 0) is 12.5 Å². The molecule has 0 spiro atoms. The van der Waals surface area contributed by atoms with Crippen molar-refractivity contribution < 1.29 is 4.79 Å². The molecule has 0 radical (unpaired) electrons. The van der Waals surface area contributed by atoms with Crippen LogP contribution in [0.15, 0.2) is 18.2 Å². The van der Waals surface area contributed by atoms with Crippen LogP contribution in [-0.4, -0.2) is 17.4 Å². The monoisotopic (exact) mass is 214 g/mol. The molecule has 1 aromatic carbocycles. The molecule has 1 N–H and O–H groups in total. The third-order valence-corrected chi connectivity index (χ3v) is 3.36. The van der Waals surface area contributed by atoms with E-state index in [-0.39, 0.29) is 0 Å². The molecule has 1 aliphatic rings. The Balaban J connectivity index is 2.46. The molecule has 0 saturated carbocycles. The lowest BCUT2D eigenvalue weighted by Gasteiger charge is -2.18. The van der Waals surface area contributed by atoms with Crippen LogP contribution in [0.4, 0.5) is 0 Å². The summed E-state index contributed by atoms with van der Waals surface area (Å²) < 4.78 is 2.28. The van der Waals surface area contributed by atoms with Crippen LogP contribution < -0.4 is 5.32 Å². The van der Waals surface area contributed by atoms with E-state index in [1.807, 2.05) is 12.1 Å². The maximum atomic E-state index is 11.2. The van der Waals surface area contributed by atoms with Crippen molar-refractivity contribution in [1.29, 1.82) is 0 Å². The first kappa shape index (κ1) is 9.60. The summed E-state index contributed by atoms with van der Waals surface area (Å²) in [5.41, 5.74) is 4.45. The van der Waals surface area contributed by atoms with Gasteiger partial charge in [-0.2, -0.15) is 0 Å². The largest absolute Gasteiger partial charge is 0.341 e. The van der Waals surface area contributed by atoms with Gasteiger partial charge in [0.25, 0.3) is 0 Å². The van der Waals surface area contributed by atoms with Crippen LogP contribution in [0.1, 0.15) is 21.6 Å². The van der Waals surface area contributed by atoms with Crippen molar-refractivity contribution in [1.82, 2.24) is 9.88 Å². The van der Waals surface area contributed by atoms with Gasteiger partial charge in [-0.15, -0.1) is 0 Å². The molecule has 2 aromatic rings. The van der Waals surface area contributed by atoms with Crippen molar-refractivity contribution >= 4 is 17.2 Å². The number of para-hydroxylation sites is 1. The number of nitrogens with zero attached hydrogens (tertiary/aromatic N) is 1. The molecule has 2 heterocycles. The quantitative estimate of drug-likeness (QED) is 0.735. The normalized spacial score (nSPS) is 15.1. The van der Waals surface area contributed by atoms with Crippen LogP contribution in [-0.2, 0) is 13.1 Å². The maximum Gasteiger partial charge on any atom is 0.152 e. The van der Waals surface area contributed by atoms with Crippen molar-refractivity contribution in [2.45, 2.75) is 20.0 Å². The minimum absolute atomic E-state index is 0.794. The zero-order valence-corrected chi connectivity index (χ0v) is 9.29. The molecule has 0 saturated heterocycles. The number of carbonyl (C=O) groups excluding carboxylic acids is 1. The molecule has 0 aliphatic carbocycles. The van der Waals surface area contributed by atoms with Gasteiger partial charge in [0.1, 0.15) is 0 Å². The number of carbonyl (C=O) groups is 1. The predicted molar refractivity (Wildman–Crippen MR) is 63.8 cm³/mol. The minimum Gasteiger partial charge on any atom is -0.341 e. The average Bonchev–Trinajstić information content (AvgIpc) is 2.64. The molecule has 0 unspecified atom stereocenters. The first-order valence-corrected chi connectivity index (χ1v) is 5.59. The summed E-state index contributed by atoms with van der Waals surface area (Å²) in [5.74, 6) is 0. The van der Waals surface area contributed by atoms with Crippen LogP contribution >= 0.6 is 0 Å². The van der Waals surface area contributed by atoms with Gasteiger partial charge in [0.05, 0.1) is 5.52 Å². The van der Waals surface area contributed by atoms with Crippen LogP contribution in [0.3, 0.4) is 0 Å². The van der Waals surface area contributed by atoms with Crippen LogP contribution in [0, 0.1) is 6.92 Å². The Morgan fingerprint density at radius 2 is 2.31 bits per heavy atom. The van der Waals surface area contributed by atoms with Gasteiger partial charge in [-0.3, -0.25) is 4.79 Å². The van der Waals surface area contributed by atoms with Gasteiger partial charge in [-0.1, -0.05) is 18.2 Å². The summed E-state index contributed by atoms with van der Waals surface area (Å²) in [7, 11) is 0. The van der Waals surface area contributed by atoms with Crippen molar-refractivity contribution in [3.8, 4) is 0 Å². The Morgan fingerprint density at radius 1 is 1.44 bits per heavy atom. The number of hydrogen-bond acceptors (Lipinski definition) is 2. The lowest BCUT2D eigenvalue weighted by molar-refractivity contribution is 0.112. The van der Waals surface area contributed by atoms with E-state index in [4.69, 9.17) is 0 Å². The Bertz CT molecular complexity index is 569. The Hall–Kier alpha value is -1.61. The highest BCUT2D eigenvalue weighted by atomic mass is 16.1. The van der Waals surface area contributed by atoms with E-state index in [2.05, 4.69) is 22.9 Å². The molecule has 1 aliphatic heterocycles. The number of aldehydes is 1. The Kier molecular flexibility index (Phi) is 2.07. The second kappa shape index (κ2) is 3.46. The molecule has 0 amide bonds. The van der Waals surface area contributed by atoms with E-state index in [0.29, 0.717) is 0 Å². The molecule has 0 bridgehead atoms. The van der Waals surface area contributed by atoms with Crippen molar-refractivity contribution in [3.63, 3.8) is 0 Å². The van der Waals surface area contributed by atoms with E-state index >= 15 is 0 Å². The smallest absolute Gasteiger partial charge is 0.152 e. The molecular weight excluding hydrogens is 200 g/mol. The second-order valence-electron chi connectivity index (χ2n) is 4.28. The first-order valence-electron chi connectivity index (χ1n) is 5.59. The van der Waals surface area contributed by atoms with Gasteiger partial charge in [-0.25, -0.2) is 0 Å². The van der Waals surface area contributed by atoms with E-state index in [1.54, 1.807) is 0 Å². The average molecular weight is 214 g/mol. The minimum atomic E-state index is 0.794. The molecule has 82 valence electrons. The number of nitrogens with one attached hydrogen (secondary N) is 1. The van der Waals surface area contributed by atoms with Gasteiger partial charge in [0.2, 0.25) is 0 Å². The fourth-order valence-electron chi connectivity index (χ4n) is 2.64. The van der Waals surface area contributed by atoms with Gasteiger partial charge in [0.15, 0.2) is 6.29 Å². The fraction of sp³-hybridized carbons (Fsp3) is 0.308. The summed E-state index contributed by atoms with van der Waals surface area (Å²) in [6.07, 6.45) is 0.987. The number of aromatic nitrogens is 1. The highest BCUT2D eigenvalue weighted by molar-refractivity contribution is 6.00. The van der Waals surface area contributed by atoms with Gasteiger partial charge >= 0.3 is 0 Å². The fourth-order valence-corrected chi connectivity index (χ4v) is 2.64. The molecule has 1 aromatic heterocycles. The van der Waals surface area contributed by atoms with E-state index < -0.39 is 0 Å². The molecule has 3 rings (SSSR count). The van der Waals surface area contributed by atoms with E-state index in [1.165, 1.54) is 11.1 Å². The van der Waals surface area contributed by atoms with Crippen molar-refractivity contribution in [3.05, 3.63) is 35.0 Å². The third-order valence-electron chi connectivity index (χ3n) is 3.36. The molecular formula is C13H14N2O. The second-order valence-corrected chi connectivity index (χ2v) is 4.28. The number of aryl methyl sites for hydroxylation is 1. The number of benzene rings is 1. The third kappa shape index (κ3) is 1.15. The molecule has 3 heteroatoms. The number of rotatable bonds is 1. The van der Waals surface area contributed by atoms with Gasteiger partial charge < -0.3 is 9.88 Å². The highest BCUT2D eigenvalue weighted by Gasteiger charge is 2.19. The highest BCUT2D eigenvalue weighted by Crippen LogP contribution is 2.28. The summed E-state index contributed by atoms with van der Waals surface area (Å²) in [6.45, 7) is 4.82. The maximum absolute atomic E-state index is 11.2. The zero-order chi connectivity index (χ0) is 11.1. The molecule has 0 atom stereocenters. The van der Waals surface area contributed by atoms with Crippen molar-refractivity contribution in [2.24, 2.45) is 0 Å². The standard InChI is InChI=1S/C13H14N2O/c1-9-3-2-4-10-11(8-16)12-7-14-5-6-15(12)13(9)10/h2-4,8,14H,5-7H2,1H3. The number of fused-ring (bicyclic) bond motifs is 3. The SMILES string of the molecule is Cc1cccc2c(C=O)c3n(c12)CCNC3. The molecule has 16 heavy (non-hydrogen) atoms. The summed E-state index contributed by atoms with van der Waals surface area (Å²) in [6, 6.07) is 6.16.